The topological polar surface area (TPSA) is 48.1 Å². The van der Waals surface area contributed by atoms with Gasteiger partial charge in [-0.15, -0.1) is 11.3 Å². The molecule has 1 fully saturated rings. The second-order valence-electron chi connectivity index (χ2n) is 4.33. The van der Waals surface area contributed by atoms with Crippen LogP contribution in [0, 0.1) is 0 Å². The molecule has 0 aliphatic carbocycles. The number of nitrogens with two attached hydrogens (primary N) is 1. The zero-order chi connectivity index (χ0) is 11.5. The van der Waals surface area contributed by atoms with Crippen LogP contribution in [0.4, 0.5) is 0 Å². The van der Waals surface area contributed by atoms with Gasteiger partial charge in [0.1, 0.15) is 5.01 Å². The number of ether oxygens (including phenoxy) is 1. The smallest absolute Gasteiger partial charge is 0.103 e. The monoisotopic (exact) mass is 258 g/mol. The third kappa shape index (κ3) is 2.97. The van der Waals surface area contributed by atoms with Crippen LogP contribution in [0.25, 0.3) is 0 Å². The Morgan fingerprint density at radius 3 is 3.06 bits per heavy atom. The molecule has 2 unspecified atom stereocenters. The van der Waals surface area contributed by atoms with E-state index in [2.05, 4.69) is 24.2 Å². The average molecular weight is 258 g/mol. The van der Waals surface area contributed by atoms with Gasteiger partial charge in [0.2, 0.25) is 0 Å². The summed E-state index contributed by atoms with van der Waals surface area (Å²) in [7, 11) is 0. The number of nitrogens with zero attached hydrogens (tertiary/aromatic N) is 1. The SMILES string of the molecule is CC(C)SCc1nc(C2COCC2N)cs1. The Morgan fingerprint density at radius 1 is 1.62 bits per heavy atom. The fourth-order valence-corrected chi connectivity index (χ4v) is 3.33. The van der Waals surface area contributed by atoms with Crippen molar-refractivity contribution in [3.05, 3.63) is 16.1 Å². The highest BCUT2D eigenvalue weighted by Crippen LogP contribution is 2.27. The molecule has 2 rings (SSSR count). The first-order valence-corrected chi connectivity index (χ1v) is 7.49. The van der Waals surface area contributed by atoms with E-state index in [9.17, 15) is 0 Å². The van der Waals surface area contributed by atoms with Crippen molar-refractivity contribution in [2.45, 2.75) is 36.8 Å². The van der Waals surface area contributed by atoms with Crippen molar-refractivity contribution in [1.82, 2.24) is 4.98 Å². The van der Waals surface area contributed by atoms with E-state index >= 15 is 0 Å². The van der Waals surface area contributed by atoms with Gasteiger partial charge in [0.15, 0.2) is 0 Å². The molecule has 2 heterocycles. The van der Waals surface area contributed by atoms with Crippen LogP contribution in [0.1, 0.15) is 30.5 Å². The highest BCUT2D eigenvalue weighted by molar-refractivity contribution is 7.99. The zero-order valence-electron chi connectivity index (χ0n) is 9.68. The molecule has 1 aliphatic rings. The van der Waals surface area contributed by atoms with Crippen LogP contribution in [0.15, 0.2) is 5.38 Å². The van der Waals surface area contributed by atoms with Gasteiger partial charge < -0.3 is 10.5 Å². The summed E-state index contributed by atoms with van der Waals surface area (Å²) in [5.41, 5.74) is 7.10. The molecule has 16 heavy (non-hydrogen) atoms. The number of aromatic nitrogens is 1. The maximum Gasteiger partial charge on any atom is 0.103 e. The molecule has 5 heteroatoms. The Morgan fingerprint density at radius 2 is 2.44 bits per heavy atom. The number of rotatable bonds is 4. The van der Waals surface area contributed by atoms with Gasteiger partial charge in [-0.05, 0) is 5.25 Å². The predicted octanol–water partition coefficient (Wildman–Crippen LogP) is 2.23. The van der Waals surface area contributed by atoms with Gasteiger partial charge in [0, 0.05) is 23.1 Å². The van der Waals surface area contributed by atoms with Crippen LogP contribution in [-0.4, -0.2) is 29.5 Å². The predicted molar refractivity (Wildman–Crippen MR) is 70.1 cm³/mol. The second kappa shape index (κ2) is 5.49. The first kappa shape index (κ1) is 12.4. The van der Waals surface area contributed by atoms with E-state index in [0.717, 1.165) is 18.1 Å². The van der Waals surface area contributed by atoms with Crippen molar-refractivity contribution < 1.29 is 4.74 Å². The lowest BCUT2D eigenvalue weighted by molar-refractivity contribution is 0.190. The number of thiazole rings is 1. The van der Waals surface area contributed by atoms with Crippen molar-refractivity contribution >= 4 is 23.1 Å². The minimum Gasteiger partial charge on any atom is -0.379 e. The average Bonchev–Trinajstić information content (AvgIpc) is 2.83. The molecule has 1 aromatic rings. The Kier molecular flexibility index (Phi) is 4.24. The van der Waals surface area contributed by atoms with E-state index in [0.29, 0.717) is 17.8 Å². The minimum atomic E-state index is 0.118. The van der Waals surface area contributed by atoms with E-state index in [1.165, 1.54) is 5.01 Å². The van der Waals surface area contributed by atoms with Crippen LogP contribution in [0.3, 0.4) is 0 Å². The summed E-state index contributed by atoms with van der Waals surface area (Å²) in [6, 6.07) is 0.118. The van der Waals surface area contributed by atoms with E-state index in [-0.39, 0.29) is 6.04 Å². The maximum absolute atomic E-state index is 5.98. The molecule has 0 aromatic carbocycles. The van der Waals surface area contributed by atoms with Crippen LogP contribution in [-0.2, 0) is 10.5 Å². The first-order valence-electron chi connectivity index (χ1n) is 5.56. The summed E-state index contributed by atoms with van der Waals surface area (Å²) in [4.78, 5) is 4.65. The van der Waals surface area contributed by atoms with Crippen LogP contribution < -0.4 is 5.73 Å². The van der Waals surface area contributed by atoms with Crippen molar-refractivity contribution in [3.63, 3.8) is 0 Å². The minimum absolute atomic E-state index is 0.118. The second-order valence-corrected chi connectivity index (χ2v) is 6.84. The van der Waals surface area contributed by atoms with Crippen molar-refractivity contribution in [2.75, 3.05) is 13.2 Å². The van der Waals surface area contributed by atoms with Crippen LogP contribution in [0.2, 0.25) is 0 Å². The van der Waals surface area contributed by atoms with Crippen molar-refractivity contribution in [3.8, 4) is 0 Å². The number of hydrogen-bond donors (Lipinski definition) is 1. The maximum atomic E-state index is 5.98. The fraction of sp³-hybridized carbons (Fsp3) is 0.727. The van der Waals surface area contributed by atoms with Gasteiger partial charge in [-0.3, -0.25) is 0 Å². The molecule has 0 spiro atoms. The highest BCUT2D eigenvalue weighted by Gasteiger charge is 2.28. The molecular formula is C11H18N2OS2. The van der Waals surface area contributed by atoms with Crippen LogP contribution in [0.5, 0.6) is 0 Å². The molecule has 1 aliphatic heterocycles. The largest absolute Gasteiger partial charge is 0.379 e. The summed E-state index contributed by atoms with van der Waals surface area (Å²) in [6.45, 7) is 5.81. The lowest BCUT2D eigenvalue weighted by atomic mass is 10.0. The van der Waals surface area contributed by atoms with E-state index in [4.69, 9.17) is 10.5 Å². The lowest BCUT2D eigenvalue weighted by Crippen LogP contribution is -2.27. The van der Waals surface area contributed by atoms with Gasteiger partial charge >= 0.3 is 0 Å². The molecule has 2 N–H and O–H groups in total. The summed E-state index contributed by atoms with van der Waals surface area (Å²) in [5, 5.41) is 3.99. The molecule has 0 saturated carbocycles. The Bertz CT molecular complexity index is 340. The molecule has 90 valence electrons. The summed E-state index contributed by atoms with van der Waals surface area (Å²) in [6.07, 6.45) is 0. The third-order valence-corrected chi connectivity index (χ3v) is 4.77. The van der Waals surface area contributed by atoms with Crippen molar-refractivity contribution in [1.29, 1.82) is 0 Å². The Hall–Kier alpha value is -0.100. The standard InChI is InChI=1S/C11H18N2OS2/c1-7(2)15-6-11-13-10(5-16-11)8-3-14-4-9(8)12/h5,7-9H,3-4,6,12H2,1-2H3. The third-order valence-electron chi connectivity index (χ3n) is 2.61. The van der Waals surface area contributed by atoms with Gasteiger partial charge in [0.25, 0.3) is 0 Å². The molecule has 2 atom stereocenters. The number of thioether (sulfide) groups is 1. The summed E-state index contributed by atoms with van der Waals surface area (Å²) in [5.74, 6) is 1.31. The molecule has 0 radical (unpaired) electrons. The van der Waals surface area contributed by atoms with Crippen molar-refractivity contribution in [2.24, 2.45) is 5.73 Å². The van der Waals surface area contributed by atoms with Crippen LogP contribution >= 0.6 is 23.1 Å². The highest BCUT2D eigenvalue weighted by atomic mass is 32.2. The quantitative estimate of drug-likeness (QED) is 0.899. The van der Waals surface area contributed by atoms with E-state index in [1.54, 1.807) is 11.3 Å². The molecular weight excluding hydrogens is 240 g/mol. The van der Waals surface area contributed by atoms with Gasteiger partial charge in [-0.2, -0.15) is 11.8 Å². The van der Waals surface area contributed by atoms with E-state index in [1.807, 2.05) is 11.8 Å². The summed E-state index contributed by atoms with van der Waals surface area (Å²) >= 11 is 3.66. The lowest BCUT2D eigenvalue weighted by Gasteiger charge is -2.09. The Labute approximate surface area is 105 Å². The fourth-order valence-electron chi connectivity index (χ4n) is 1.68. The van der Waals surface area contributed by atoms with Gasteiger partial charge in [-0.1, -0.05) is 13.8 Å². The summed E-state index contributed by atoms with van der Waals surface area (Å²) < 4.78 is 5.37. The molecule has 0 bridgehead atoms. The molecule has 3 nitrogen and oxygen atoms in total. The van der Waals surface area contributed by atoms with Gasteiger partial charge in [-0.25, -0.2) is 4.98 Å². The van der Waals surface area contributed by atoms with Gasteiger partial charge in [0.05, 0.1) is 18.9 Å². The normalized spacial score (nSPS) is 25.5. The molecule has 1 aromatic heterocycles. The first-order chi connectivity index (χ1) is 7.66. The zero-order valence-corrected chi connectivity index (χ0v) is 11.3. The van der Waals surface area contributed by atoms with E-state index < -0.39 is 0 Å². The molecule has 0 amide bonds. The number of hydrogen-bond acceptors (Lipinski definition) is 5. The molecule has 1 saturated heterocycles. The Balaban J connectivity index is 1.96.